The zero-order chi connectivity index (χ0) is 12.7. The fraction of sp³-hybridized carbons (Fsp3) is 0.500. The van der Waals surface area contributed by atoms with E-state index in [2.05, 4.69) is 15.6 Å². The Bertz CT molecular complexity index is 384. The second-order valence-electron chi connectivity index (χ2n) is 3.30. The summed E-state index contributed by atoms with van der Waals surface area (Å²) in [5.74, 6) is 0.953. The van der Waals surface area contributed by atoms with E-state index >= 15 is 0 Å². The van der Waals surface area contributed by atoms with Gasteiger partial charge in [0.1, 0.15) is 11.6 Å². The SMILES string of the molecule is CCNc1cc([N+](=O)[O-])cc(NCCOC)n1. The van der Waals surface area contributed by atoms with Gasteiger partial charge in [0, 0.05) is 20.2 Å². The first-order valence-corrected chi connectivity index (χ1v) is 5.30. The van der Waals surface area contributed by atoms with E-state index in [0.29, 0.717) is 31.3 Å². The van der Waals surface area contributed by atoms with E-state index in [9.17, 15) is 10.1 Å². The highest BCUT2D eigenvalue weighted by Crippen LogP contribution is 2.20. The van der Waals surface area contributed by atoms with Gasteiger partial charge in [0.25, 0.3) is 5.69 Å². The van der Waals surface area contributed by atoms with Crippen LogP contribution in [0.25, 0.3) is 0 Å². The van der Waals surface area contributed by atoms with Crippen LogP contribution >= 0.6 is 0 Å². The molecule has 0 atom stereocenters. The van der Waals surface area contributed by atoms with Crippen molar-refractivity contribution in [3.8, 4) is 0 Å². The monoisotopic (exact) mass is 240 g/mol. The molecule has 2 N–H and O–H groups in total. The lowest BCUT2D eigenvalue weighted by molar-refractivity contribution is -0.384. The number of hydrogen-bond acceptors (Lipinski definition) is 6. The molecule has 0 saturated heterocycles. The predicted octanol–water partition coefficient (Wildman–Crippen LogP) is 1.48. The molecule has 1 aromatic rings. The van der Waals surface area contributed by atoms with Crippen molar-refractivity contribution in [1.82, 2.24) is 4.98 Å². The molecule has 0 radical (unpaired) electrons. The zero-order valence-electron chi connectivity index (χ0n) is 9.90. The van der Waals surface area contributed by atoms with E-state index < -0.39 is 4.92 Å². The van der Waals surface area contributed by atoms with Crippen LogP contribution in [0.15, 0.2) is 12.1 Å². The molecule has 0 amide bonds. The number of anilines is 2. The van der Waals surface area contributed by atoms with Gasteiger partial charge in [0.05, 0.1) is 23.7 Å². The minimum atomic E-state index is -0.440. The third-order valence-corrected chi connectivity index (χ3v) is 1.99. The average molecular weight is 240 g/mol. The van der Waals surface area contributed by atoms with Gasteiger partial charge in [-0.3, -0.25) is 10.1 Å². The Morgan fingerprint density at radius 3 is 2.59 bits per heavy atom. The fourth-order valence-electron chi connectivity index (χ4n) is 1.26. The molecule has 0 aliphatic carbocycles. The Morgan fingerprint density at radius 1 is 1.41 bits per heavy atom. The van der Waals surface area contributed by atoms with E-state index in [1.54, 1.807) is 7.11 Å². The molecule has 0 saturated carbocycles. The summed E-state index contributed by atoms with van der Waals surface area (Å²) in [4.78, 5) is 14.5. The molecular formula is C10H16N4O3. The molecular weight excluding hydrogens is 224 g/mol. The first kappa shape index (κ1) is 13.2. The summed E-state index contributed by atoms with van der Waals surface area (Å²) in [6.07, 6.45) is 0. The van der Waals surface area contributed by atoms with Crippen molar-refractivity contribution < 1.29 is 9.66 Å². The summed E-state index contributed by atoms with van der Waals surface area (Å²) < 4.78 is 4.88. The van der Waals surface area contributed by atoms with Crippen molar-refractivity contribution in [3.63, 3.8) is 0 Å². The van der Waals surface area contributed by atoms with Crippen molar-refractivity contribution in [2.24, 2.45) is 0 Å². The quantitative estimate of drug-likeness (QED) is 0.426. The number of hydrogen-bond donors (Lipinski definition) is 2. The largest absolute Gasteiger partial charge is 0.383 e. The van der Waals surface area contributed by atoms with Crippen LogP contribution in [0, 0.1) is 10.1 Å². The number of methoxy groups -OCH3 is 1. The third kappa shape index (κ3) is 4.23. The summed E-state index contributed by atoms with van der Waals surface area (Å²) >= 11 is 0. The van der Waals surface area contributed by atoms with Crippen molar-refractivity contribution in [2.75, 3.05) is 37.4 Å². The summed E-state index contributed by atoms with van der Waals surface area (Å²) in [5, 5.41) is 16.6. The van der Waals surface area contributed by atoms with Crippen molar-refractivity contribution in [3.05, 3.63) is 22.2 Å². The Balaban J connectivity index is 2.83. The number of aromatic nitrogens is 1. The van der Waals surface area contributed by atoms with Gasteiger partial charge in [-0.1, -0.05) is 0 Å². The maximum atomic E-state index is 10.7. The maximum absolute atomic E-state index is 10.7. The van der Waals surface area contributed by atoms with E-state index in [0.717, 1.165) is 0 Å². The van der Waals surface area contributed by atoms with Gasteiger partial charge < -0.3 is 15.4 Å². The molecule has 17 heavy (non-hydrogen) atoms. The highest BCUT2D eigenvalue weighted by molar-refractivity contribution is 5.54. The van der Waals surface area contributed by atoms with Crippen LogP contribution in [-0.2, 0) is 4.74 Å². The van der Waals surface area contributed by atoms with E-state index in [1.165, 1.54) is 12.1 Å². The first-order chi connectivity index (χ1) is 8.17. The summed E-state index contributed by atoms with van der Waals surface area (Å²) in [7, 11) is 1.59. The molecule has 0 spiro atoms. The van der Waals surface area contributed by atoms with Crippen LogP contribution in [0.4, 0.5) is 17.3 Å². The fourth-order valence-corrected chi connectivity index (χ4v) is 1.26. The average Bonchev–Trinajstić information content (AvgIpc) is 2.29. The van der Waals surface area contributed by atoms with Crippen molar-refractivity contribution >= 4 is 17.3 Å². The highest BCUT2D eigenvalue weighted by atomic mass is 16.6. The summed E-state index contributed by atoms with van der Waals surface area (Å²) in [6, 6.07) is 2.81. The number of nitrogens with one attached hydrogen (secondary N) is 2. The minimum absolute atomic E-state index is 0.0101. The molecule has 1 heterocycles. The number of nitrogens with zero attached hydrogens (tertiary/aromatic N) is 2. The molecule has 0 aromatic carbocycles. The van der Waals surface area contributed by atoms with Crippen molar-refractivity contribution in [2.45, 2.75) is 6.92 Å². The Morgan fingerprint density at radius 2 is 2.06 bits per heavy atom. The van der Waals surface area contributed by atoms with Crippen LogP contribution < -0.4 is 10.6 Å². The number of pyridine rings is 1. The molecule has 94 valence electrons. The lowest BCUT2D eigenvalue weighted by Gasteiger charge is -2.07. The third-order valence-electron chi connectivity index (χ3n) is 1.99. The molecule has 0 aliphatic rings. The zero-order valence-corrected chi connectivity index (χ0v) is 9.90. The van der Waals surface area contributed by atoms with Crippen LogP contribution in [-0.4, -0.2) is 36.7 Å². The van der Waals surface area contributed by atoms with E-state index in [-0.39, 0.29) is 5.69 Å². The van der Waals surface area contributed by atoms with E-state index in [1.807, 2.05) is 6.92 Å². The predicted molar refractivity (Wildman–Crippen MR) is 65.4 cm³/mol. The molecule has 1 aromatic heterocycles. The molecule has 0 aliphatic heterocycles. The van der Waals surface area contributed by atoms with Gasteiger partial charge in [-0.05, 0) is 6.92 Å². The molecule has 7 nitrogen and oxygen atoms in total. The number of rotatable bonds is 7. The van der Waals surface area contributed by atoms with Crippen LogP contribution in [0.5, 0.6) is 0 Å². The van der Waals surface area contributed by atoms with Crippen LogP contribution in [0.3, 0.4) is 0 Å². The topological polar surface area (TPSA) is 89.3 Å². The normalized spacial score (nSPS) is 10.0. The van der Waals surface area contributed by atoms with Crippen LogP contribution in [0.1, 0.15) is 6.92 Å². The molecule has 1 rings (SSSR count). The van der Waals surface area contributed by atoms with Gasteiger partial charge in [-0.2, -0.15) is 0 Å². The Hall–Kier alpha value is -1.89. The molecule has 7 heteroatoms. The van der Waals surface area contributed by atoms with Crippen molar-refractivity contribution in [1.29, 1.82) is 0 Å². The lowest BCUT2D eigenvalue weighted by Crippen LogP contribution is -2.10. The van der Waals surface area contributed by atoms with Gasteiger partial charge in [0.15, 0.2) is 0 Å². The minimum Gasteiger partial charge on any atom is -0.383 e. The smallest absolute Gasteiger partial charge is 0.276 e. The van der Waals surface area contributed by atoms with Gasteiger partial charge >= 0.3 is 0 Å². The Kier molecular flexibility index (Phi) is 5.15. The van der Waals surface area contributed by atoms with Gasteiger partial charge in [0.2, 0.25) is 0 Å². The van der Waals surface area contributed by atoms with Gasteiger partial charge in [-0.25, -0.2) is 4.98 Å². The second kappa shape index (κ2) is 6.64. The highest BCUT2D eigenvalue weighted by Gasteiger charge is 2.10. The van der Waals surface area contributed by atoms with Crippen LogP contribution in [0.2, 0.25) is 0 Å². The molecule has 0 unspecified atom stereocenters. The maximum Gasteiger partial charge on any atom is 0.276 e. The Labute approximate surface area is 99.3 Å². The summed E-state index contributed by atoms with van der Waals surface area (Å²) in [6.45, 7) is 3.63. The standard InChI is InChI=1S/C10H16N4O3/c1-3-11-9-6-8(14(15)16)7-10(13-9)12-4-5-17-2/h6-7H,3-5H2,1-2H3,(H2,11,12,13). The lowest BCUT2D eigenvalue weighted by atomic mass is 10.3. The second-order valence-corrected chi connectivity index (χ2v) is 3.30. The van der Waals surface area contributed by atoms with Gasteiger partial charge in [-0.15, -0.1) is 0 Å². The summed E-state index contributed by atoms with van der Waals surface area (Å²) in [5.41, 5.74) is 0.0101. The molecule has 0 fully saturated rings. The van der Waals surface area contributed by atoms with E-state index in [4.69, 9.17) is 4.74 Å². The first-order valence-electron chi connectivity index (χ1n) is 5.30. The number of nitro groups is 1. The molecule has 0 bridgehead atoms. The number of ether oxygens (including phenoxy) is 1.